The van der Waals surface area contributed by atoms with Crippen molar-refractivity contribution in [1.82, 2.24) is 5.32 Å². The molecule has 2 N–H and O–H groups in total. The van der Waals surface area contributed by atoms with Gasteiger partial charge in [0.15, 0.2) is 0 Å². The van der Waals surface area contributed by atoms with Gasteiger partial charge in [-0.2, -0.15) is 0 Å². The Hall–Kier alpha value is -1.60. The predicted octanol–water partition coefficient (Wildman–Crippen LogP) is 6.41. The number of sulfonamides is 1. The summed E-state index contributed by atoms with van der Waals surface area (Å²) in [5.74, 6) is 0.822. The molecule has 4 nitrogen and oxygen atoms in total. The smallest absolute Gasteiger partial charge is 0.271 e. The van der Waals surface area contributed by atoms with Gasteiger partial charge in [-0.3, -0.25) is 4.72 Å². The van der Waals surface area contributed by atoms with Gasteiger partial charge in [-0.05, 0) is 60.5 Å². The van der Waals surface area contributed by atoms with Crippen LogP contribution in [0.2, 0.25) is 5.02 Å². The molecule has 0 amide bonds. The fourth-order valence-corrected chi connectivity index (χ4v) is 6.86. The molecule has 0 unspecified atom stereocenters. The number of anilines is 1. The van der Waals surface area contributed by atoms with Crippen molar-refractivity contribution in [2.24, 2.45) is 5.92 Å². The largest absolute Gasteiger partial charge is 0.310 e. The fraction of sp³-hybridized carbons (Fsp3) is 0.391. The molecule has 0 aliphatic heterocycles. The maximum atomic E-state index is 13.0. The van der Waals surface area contributed by atoms with Gasteiger partial charge < -0.3 is 5.32 Å². The highest BCUT2D eigenvalue weighted by molar-refractivity contribution is 7.94. The highest BCUT2D eigenvalue weighted by atomic mass is 35.5. The number of hydrogen-bond acceptors (Lipinski definition) is 4. The zero-order chi connectivity index (χ0) is 21.1. The number of para-hydroxylation sites is 1. The molecule has 1 fully saturated rings. The third-order valence-electron chi connectivity index (χ3n) is 5.78. The monoisotopic (exact) mass is 462 g/mol. The lowest BCUT2D eigenvalue weighted by Crippen LogP contribution is -2.28. The summed E-state index contributed by atoms with van der Waals surface area (Å²) in [5, 5.41) is 5.01. The summed E-state index contributed by atoms with van der Waals surface area (Å²) in [7, 11) is -3.67. The number of halogens is 1. The molecule has 0 saturated heterocycles. The van der Waals surface area contributed by atoms with E-state index in [0.717, 1.165) is 21.6 Å². The van der Waals surface area contributed by atoms with E-state index in [4.69, 9.17) is 11.6 Å². The van der Waals surface area contributed by atoms with Gasteiger partial charge in [0.1, 0.15) is 4.21 Å². The molecule has 0 bridgehead atoms. The van der Waals surface area contributed by atoms with Crippen LogP contribution in [0, 0.1) is 5.92 Å². The van der Waals surface area contributed by atoms with Crippen molar-refractivity contribution >= 4 is 48.7 Å². The summed E-state index contributed by atoms with van der Waals surface area (Å²) in [5.41, 5.74) is 1.57. The van der Waals surface area contributed by atoms with E-state index >= 15 is 0 Å². The Labute approximate surface area is 187 Å². The molecule has 7 heteroatoms. The van der Waals surface area contributed by atoms with E-state index in [-0.39, 0.29) is 4.21 Å². The van der Waals surface area contributed by atoms with Crippen LogP contribution in [0.25, 0.3) is 10.1 Å². The Bertz CT molecular complexity index is 1120. The van der Waals surface area contributed by atoms with Gasteiger partial charge in [-0.15, -0.1) is 11.3 Å². The Morgan fingerprint density at radius 2 is 1.90 bits per heavy atom. The van der Waals surface area contributed by atoms with Crippen molar-refractivity contribution in [2.45, 2.75) is 55.8 Å². The van der Waals surface area contributed by atoms with Crippen LogP contribution in [0.3, 0.4) is 0 Å². The Morgan fingerprint density at radius 3 is 2.70 bits per heavy atom. The van der Waals surface area contributed by atoms with E-state index in [1.165, 1.54) is 43.4 Å². The number of hydrogen-bond donors (Lipinski definition) is 2. The Morgan fingerprint density at radius 1 is 1.13 bits per heavy atom. The number of nitrogens with one attached hydrogen (secondary N) is 2. The molecule has 0 spiro atoms. The number of benzene rings is 2. The maximum Gasteiger partial charge on any atom is 0.271 e. The zero-order valence-corrected chi connectivity index (χ0v) is 19.4. The predicted molar refractivity (Wildman–Crippen MR) is 127 cm³/mol. The molecule has 30 heavy (non-hydrogen) atoms. The van der Waals surface area contributed by atoms with Crippen molar-refractivity contribution in [3.05, 3.63) is 59.1 Å². The second-order valence-corrected chi connectivity index (χ2v) is 11.6. The lowest BCUT2D eigenvalue weighted by atomic mass is 9.99. The van der Waals surface area contributed by atoms with Gasteiger partial charge in [0.2, 0.25) is 0 Å². The quantitative estimate of drug-likeness (QED) is 0.406. The minimum absolute atomic E-state index is 0.289. The van der Waals surface area contributed by atoms with Crippen molar-refractivity contribution in [1.29, 1.82) is 0 Å². The van der Waals surface area contributed by atoms with Crippen LogP contribution in [0.4, 0.5) is 5.69 Å². The Balaban J connectivity index is 1.47. The molecule has 0 radical (unpaired) electrons. The third-order valence-corrected chi connectivity index (χ3v) is 8.98. The minimum Gasteiger partial charge on any atom is -0.310 e. The van der Waals surface area contributed by atoms with Crippen LogP contribution in [0.5, 0.6) is 0 Å². The van der Waals surface area contributed by atoms with Gasteiger partial charge in [-0.1, -0.05) is 55.5 Å². The molecule has 1 aliphatic carbocycles. The molecule has 1 aliphatic rings. The maximum absolute atomic E-state index is 13.0. The third kappa shape index (κ3) is 5.17. The first-order valence-corrected chi connectivity index (χ1v) is 13.1. The first kappa shape index (κ1) is 21.6. The van der Waals surface area contributed by atoms with Crippen LogP contribution in [0.1, 0.15) is 44.6 Å². The lowest BCUT2D eigenvalue weighted by Gasteiger charge is -2.19. The SMILES string of the molecule is C[C@@H](CC1CCCC1)NCc1ccccc1NS(=O)(=O)c1cc2cc(Cl)ccc2s1. The average Bonchev–Trinajstić information content (AvgIpc) is 3.36. The van der Waals surface area contributed by atoms with Crippen LogP contribution >= 0.6 is 22.9 Å². The van der Waals surface area contributed by atoms with Gasteiger partial charge >= 0.3 is 0 Å². The summed E-state index contributed by atoms with van der Waals surface area (Å²) in [6.07, 6.45) is 6.56. The normalized spacial score (nSPS) is 16.2. The summed E-state index contributed by atoms with van der Waals surface area (Å²) in [4.78, 5) is 0. The molecular formula is C23H27ClN2O2S2. The highest BCUT2D eigenvalue weighted by Gasteiger charge is 2.20. The van der Waals surface area contributed by atoms with Crippen molar-refractivity contribution in [3.63, 3.8) is 0 Å². The Kier molecular flexibility index (Phi) is 6.68. The van der Waals surface area contributed by atoms with Crippen LogP contribution in [-0.4, -0.2) is 14.5 Å². The van der Waals surface area contributed by atoms with Crippen molar-refractivity contribution < 1.29 is 8.42 Å². The second-order valence-electron chi connectivity index (χ2n) is 8.18. The van der Waals surface area contributed by atoms with Crippen LogP contribution < -0.4 is 10.0 Å². The zero-order valence-electron chi connectivity index (χ0n) is 17.0. The molecule has 1 aromatic heterocycles. The molecular weight excluding hydrogens is 436 g/mol. The van der Waals surface area contributed by atoms with Crippen molar-refractivity contribution in [2.75, 3.05) is 4.72 Å². The van der Waals surface area contributed by atoms with Gasteiger partial charge in [0.05, 0.1) is 5.69 Å². The summed E-state index contributed by atoms with van der Waals surface area (Å²) < 4.78 is 30.0. The molecule has 2 aromatic carbocycles. The van der Waals surface area contributed by atoms with E-state index in [1.54, 1.807) is 18.2 Å². The summed E-state index contributed by atoms with van der Waals surface area (Å²) in [6.45, 7) is 2.85. The molecule has 160 valence electrons. The van der Waals surface area contributed by atoms with Gasteiger partial charge in [0.25, 0.3) is 10.0 Å². The molecule has 1 saturated carbocycles. The van der Waals surface area contributed by atoms with Crippen LogP contribution in [0.15, 0.2) is 52.7 Å². The lowest BCUT2D eigenvalue weighted by molar-refractivity contribution is 0.404. The number of rotatable bonds is 8. The van der Waals surface area contributed by atoms with Crippen molar-refractivity contribution in [3.8, 4) is 0 Å². The topological polar surface area (TPSA) is 58.2 Å². The first-order valence-electron chi connectivity index (χ1n) is 10.4. The van der Waals surface area contributed by atoms with E-state index in [0.29, 0.717) is 23.3 Å². The first-order chi connectivity index (χ1) is 14.4. The molecule has 3 aromatic rings. The standard InChI is InChI=1S/C23H27ClN2O2S2/c1-16(12-17-6-2-3-7-17)25-15-18-8-4-5-9-21(18)26-30(27,28)23-14-19-13-20(24)10-11-22(19)29-23/h4-5,8-11,13-14,16-17,25-26H,2-3,6-7,12,15H2,1H3/t16-/m0/s1. The van der Waals surface area contributed by atoms with E-state index in [1.807, 2.05) is 30.3 Å². The van der Waals surface area contributed by atoms with Crippen LogP contribution in [-0.2, 0) is 16.6 Å². The number of fused-ring (bicyclic) bond motifs is 1. The highest BCUT2D eigenvalue weighted by Crippen LogP contribution is 2.32. The second kappa shape index (κ2) is 9.27. The van der Waals surface area contributed by atoms with E-state index in [9.17, 15) is 8.42 Å². The average molecular weight is 463 g/mol. The molecule has 1 atom stereocenters. The van der Waals surface area contributed by atoms with E-state index < -0.39 is 10.0 Å². The summed E-state index contributed by atoms with van der Waals surface area (Å²) in [6, 6.07) is 15.1. The number of thiophene rings is 1. The molecule has 4 rings (SSSR count). The summed E-state index contributed by atoms with van der Waals surface area (Å²) >= 11 is 7.29. The fourth-order valence-electron chi connectivity index (χ4n) is 4.20. The van der Waals surface area contributed by atoms with E-state index in [2.05, 4.69) is 17.0 Å². The van der Waals surface area contributed by atoms with Gasteiger partial charge in [0, 0.05) is 22.3 Å². The van der Waals surface area contributed by atoms with Gasteiger partial charge in [-0.25, -0.2) is 8.42 Å². The minimum atomic E-state index is -3.67. The molecule has 1 heterocycles.